The van der Waals surface area contributed by atoms with E-state index >= 15 is 0 Å². The van der Waals surface area contributed by atoms with E-state index in [0.29, 0.717) is 6.04 Å². The van der Waals surface area contributed by atoms with Crippen LogP contribution in [0.5, 0.6) is 0 Å². The lowest BCUT2D eigenvalue weighted by molar-refractivity contribution is 0.544. The van der Waals surface area contributed by atoms with E-state index < -0.39 is 0 Å². The van der Waals surface area contributed by atoms with Crippen molar-refractivity contribution in [1.82, 2.24) is 5.43 Å². The molecule has 1 rings (SSSR count). The van der Waals surface area contributed by atoms with Crippen molar-refractivity contribution < 1.29 is 0 Å². The van der Waals surface area contributed by atoms with Crippen molar-refractivity contribution in [2.75, 3.05) is 5.75 Å². The van der Waals surface area contributed by atoms with E-state index in [2.05, 4.69) is 40.1 Å². The molecule has 3 N–H and O–H groups in total. The van der Waals surface area contributed by atoms with Crippen LogP contribution in [0.2, 0.25) is 0 Å². The molecule has 4 heteroatoms. The Hall–Kier alpha value is -0.290. The second-order valence-electron chi connectivity index (χ2n) is 3.47. The Bertz CT molecular complexity index is 331. The van der Waals surface area contributed by atoms with Crippen LogP contribution in [0.15, 0.2) is 46.3 Å². The minimum Gasteiger partial charge on any atom is -0.271 e. The van der Waals surface area contributed by atoms with Crippen LogP contribution in [0.3, 0.4) is 0 Å². The number of rotatable bonds is 7. The number of nitrogens with one attached hydrogen (secondary N) is 1. The summed E-state index contributed by atoms with van der Waals surface area (Å²) < 4.78 is 1.14. The van der Waals surface area contributed by atoms with E-state index in [1.54, 1.807) is 11.8 Å². The van der Waals surface area contributed by atoms with Crippen molar-refractivity contribution in [3.05, 3.63) is 41.4 Å². The Balaban J connectivity index is 2.43. The smallest absolute Gasteiger partial charge is 0.0311 e. The van der Waals surface area contributed by atoms with Gasteiger partial charge in [0, 0.05) is 21.2 Å². The summed E-state index contributed by atoms with van der Waals surface area (Å²) in [5, 5.41) is 0. The van der Waals surface area contributed by atoms with Crippen LogP contribution in [0.25, 0.3) is 0 Å². The Morgan fingerprint density at radius 3 is 2.88 bits per heavy atom. The monoisotopic (exact) mass is 300 g/mol. The number of hydrogen-bond donors (Lipinski definition) is 2. The fourth-order valence-electron chi connectivity index (χ4n) is 1.29. The lowest BCUT2D eigenvalue weighted by Crippen LogP contribution is -2.36. The largest absolute Gasteiger partial charge is 0.271 e. The number of nitrogens with two attached hydrogens (primary N) is 1. The first kappa shape index (κ1) is 13.8. The molecule has 0 saturated carbocycles. The van der Waals surface area contributed by atoms with Gasteiger partial charge in [-0.2, -0.15) is 0 Å². The quantitative estimate of drug-likeness (QED) is 0.351. The predicted molar refractivity (Wildman–Crippen MR) is 75.4 cm³/mol. The zero-order valence-corrected chi connectivity index (χ0v) is 11.6. The van der Waals surface area contributed by atoms with Crippen LogP contribution >= 0.6 is 27.7 Å². The Labute approximate surface area is 110 Å². The first-order valence-corrected chi connectivity index (χ1v) is 7.00. The van der Waals surface area contributed by atoms with Gasteiger partial charge in [-0.3, -0.25) is 11.3 Å². The minimum absolute atomic E-state index is 0.329. The average molecular weight is 301 g/mol. The van der Waals surface area contributed by atoms with Crippen LogP contribution in [-0.4, -0.2) is 11.8 Å². The molecule has 1 atom stereocenters. The molecule has 0 amide bonds. The first-order valence-electron chi connectivity index (χ1n) is 5.22. The maximum atomic E-state index is 5.51. The number of hydrazine groups is 1. The molecule has 0 bridgehead atoms. The summed E-state index contributed by atoms with van der Waals surface area (Å²) in [7, 11) is 0. The summed E-state index contributed by atoms with van der Waals surface area (Å²) in [6, 6.07) is 8.55. The highest BCUT2D eigenvalue weighted by Crippen LogP contribution is 2.27. The molecule has 0 saturated heterocycles. The van der Waals surface area contributed by atoms with E-state index in [0.717, 1.165) is 23.1 Å². The first-order chi connectivity index (χ1) is 7.77. The third kappa shape index (κ3) is 4.70. The van der Waals surface area contributed by atoms with E-state index in [1.165, 1.54) is 4.90 Å². The zero-order valence-electron chi connectivity index (χ0n) is 9.16. The lowest BCUT2D eigenvalue weighted by Gasteiger charge is -2.14. The van der Waals surface area contributed by atoms with E-state index in [9.17, 15) is 0 Å². The summed E-state index contributed by atoms with van der Waals surface area (Å²) in [4.78, 5) is 1.25. The van der Waals surface area contributed by atoms with Gasteiger partial charge in [-0.05, 0) is 40.9 Å². The number of thioether (sulfide) groups is 1. The van der Waals surface area contributed by atoms with Gasteiger partial charge in [0.05, 0.1) is 0 Å². The molecule has 0 spiro atoms. The number of halogens is 1. The summed E-state index contributed by atoms with van der Waals surface area (Å²) in [5.41, 5.74) is 2.84. The maximum Gasteiger partial charge on any atom is 0.0311 e. The molecule has 0 aliphatic rings. The van der Waals surface area contributed by atoms with Gasteiger partial charge in [0.25, 0.3) is 0 Å². The van der Waals surface area contributed by atoms with Gasteiger partial charge in [0.1, 0.15) is 0 Å². The van der Waals surface area contributed by atoms with Crippen LogP contribution in [-0.2, 0) is 0 Å². The summed E-state index contributed by atoms with van der Waals surface area (Å²) in [6.07, 6.45) is 3.94. The molecule has 2 nitrogen and oxygen atoms in total. The van der Waals surface area contributed by atoms with Crippen molar-refractivity contribution in [3.8, 4) is 0 Å². The fraction of sp³-hybridized carbons (Fsp3) is 0.333. The summed E-state index contributed by atoms with van der Waals surface area (Å²) in [6.45, 7) is 3.72. The molecular formula is C12H17BrN2S. The molecule has 0 aliphatic carbocycles. The van der Waals surface area contributed by atoms with Crippen LogP contribution in [0.4, 0.5) is 0 Å². The second kappa shape index (κ2) is 7.90. The number of allylic oxidation sites excluding steroid dienone is 1. The average Bonchev–Trinajstić information content (AvgIpc) is 2.31. The number of hydrogen-bond acceptors (Lipinski definition) is 3. The van der Waals surface area contributed by atoms with Crippen molar-refractivity contribution in [3.63, 3.8) is 0 Å². The van der Waals surface area contributed by atoms with Gasteiger partial charge in [-0.25, -0.2) is 0 Å². The van der Waals surface area contributed by atoms with Crippen molar-refractivity contribution in [2.24, 2.45) is 5.84 Å². The molecule has 0 aromatic heterocycles. The highest BCUT2D eigenvalue weighted by atomic mass is 79.9. The van der Waals surface area contributed by atoms with Crippen molar-refractivity contribution >= 4 is 27.7 Å². The molecule has 0 radical (unpaired) electrons. The lowest BCUT2D eigenvalue weighted by atomic mass is 10.2. The molecule has 0 aliphatic heterocycles. The Kier molecular flexibility index (Phi) is 6.80. The predicted octanol–water partition coefficient (Wildman–Crippen LogP) is 3.34. The molecule has 88 valence electrons. The van der Waals surface area contributed by atoms with E-state index in [1.807, 2.05) is 18.2 Å². The maximum absolute atomic E-state index is 5.51. The van der Waals surface area contributed by atoms with Gasteiger partial charge in [-0.1, -0.05) is 18.2 Å². The van der Waals surface area contributed by atoms with Crippen LogP contribution in [0.1, 0.15) is 12.8 Å². The molecule has 1 aromatic rings. The third-order valence-corrected chi connectivity index (χ3v) is 4.42. The van der Waals surface area contributed by atoms with Gasteiger partial charge < -0.3 is 0 Å². The number of benzene rings is 1. The molecule has 1 unspecified atom stereocenters. The van der Waals surface area contributed by atoms with Crippen LogP contribution < -0.4 is 11.3 Å². The topological polar surface area (TPSA) is 38.0 Å². The minimum atomic E-state index is 0.329. The van der Waals surface area contributed by atoms with Crippen molar-refractivity contribution in [2.45, 2.75) is 23.8 Å². The van der Waals surface area contributed by atoms with Gasteiger partial charge in [0.15, 0.2) is 0 Å². The standard InChI is InChI=1S/C12H17BrN2S/c1-2-3-6-10(15-14)9-16-12-8-5-4-7-11(12)13/h2,4-5,7-8,10,15H,1,3,6,9,14H2. The highest BCUT2D eigenvalue weighted by Gasteiger charge is 2.07. The third-order valence-electron chi connectivity index (χ3n) is 2.23. The summed E-state index contributed by atoms with van der Waals surface area (Å²) >= 11 is 5.34. The molecule has 0 fully saturated rings. The summed E-state index contributed by atoms with van der Waals surface area (Å²) in [5.74, 6) is 6.47. The second-order valence-corrected chi connectivity index (χ2v) is 5.39. The molecule has 16 heavy (non-hydrogen) atoms. The Morgan fingerprint density at radius 1 is 1.50 bits per heavy atom. The van der Waals surface area contributed by atoms with E-state index in [-0.39, 0.29) is 0 Å². The van der Waals surface area contributed by atoms with E-state index in [4.69, 9.17) is 5.84 Å². The van der Waals surface area contributed by atoms with Crippen LogP contribution in [0, 0.1) is 0 Å². The normalized spacial score (nSPS) is 12.4. The SMILES string of the molecule is C=CCCC(CSc1ccccc1Br)NN. The van der Waals surface area contributed by atoms with Gasteiger partial charge in [-0.15, -0.1) is 18.3 Å². The van der Waals surface area contributed by atoms with Crippen molar-refractivity contribution in [1.29, 1.82) is 0 Å². The molecular weight excluding hydrogens is 284 g/mol. The zero-order chi connectivity index (χ0) is 11.8. The molecule has 0 heterocycles. The highest BCUT2D eigenvalue weighted by molar-refractivity contribution is 9.10. The fourth-order valence-corrected chi connectivity index (χ4v) is 2.94. The molecule has 1 aromatic carbocycles. The Morgan fingerprint density at radius 2 is 2.25 bits per heavy atom. The van der Waals surface area contributed by atoms with Gasteiger partial charge in [0.2, 0.25) is 0 Å². The van der Waals surface area contributed by atoms with Gasteiger partial charge >= 0.3 is 0 Å².